The number of amides is 3. The number of carbonyl (C=O) groups is 2. The van der Waals surface area contributed by atoms with Crippen LogP contribution in [0.3, 0.4) is 0 Å². The maximum atomic E-state index is 12.3. The molecule has 25 heavy (non-hydrogen) atoms. The highest BCUT2D eigenvalue weighted by Gasteiger charge is 2.13. The zero-order chi connectivity index (χ0) is 18.1. The Labute approximate surface area is 146 Å². The highest BCUT2D eigenvalue weighted by molar-refractivity contribution is 6.06. The number of para-hydroxylation sites is 3. The largest absolute Gasteiger partial charge is 0.495 e. The Morgan fingerprint density at radius 2 is 1.56 bits per heavy atom. The summed E-state index contributed by atoms with van der Waals surface area (Å²) in [6.45, 7) is 0.798. The second-order valence-corrected chi connectivity index (χ2v) is 5.07. The number of anilines is 2. The lowest BCUT2D eigenvalue weighted by Crippen LogP contribution is -2.28. The highest BCUT2D eigenvalue weighted by atomic mass is 16.5. The third-order valence-electron chi connectivity index (χ3n) is 3.37. The third-order valence-corrected chi connectivity index (χ3v) is 3.37. The van der Waals surface area contributed by atoms with Gasteiger partial charge in [0.05, 0.1) is 30.7 Å². The molecular weight excluding hydrogens is 322 g/mol. The summed E-state index contributed by atoms with van der Waals surface area (Å²) in [4.78, 5) is 24.5. The van der Waals surface area contributed by atoms with E-state index in [0.29, 0.717) is 35.8 Å². The van der Waals surface area contributed by atoms with Crippen LogP contribution in [0.4, 0.5) is 16.2 Å². The predicted octanol–water partition coefficient (Wildman–Crippen LogP) is 2.72. The lowest BCUT2D eigenvalue weighted by molar-refractivity contribution is 0.0938. The smallest absolute Gasteiger partial charge is 0.323 e. The fourth-order valence-corrected chi connectivity index (χ4v) is 2.18. The molecule has 132 valence electrons. The molecule has 0 fully saturated rings. The molecule has 7 nitrogen and oxygen atoms in total. The first-order valence-corrected chi connectivity index (χ1v) is 7.73. The molecule has 0 radical (unpaired) electrons. The summed E-state index contributed by atoms with van der Waals surface area (Å²) in [5, 5.41) is 8.11. The van der Waals surface area contributed by atoms with E-state index < -0.39 is 6.03 Å². The minimum Gasteiger partial charge on any atom is -0.495 e. The van der Waals surface area contributed by atoms with Crippen molar-refractivity contribution in [2.24, 2.45) is 0 Å². The fourth-order valence-electron chi connectivity index (χ4n) is 2.18. The molecule has 0 aliphatic heterocycles. The van der Waals surface area contributed by atoms with Crippen molar-refractivity contribution in [3.63, 3.8) is 0 Å². The summed E-state index contributed by atoms with van der Waals surface area (Å²) in [5.41, 5.74) is 1.31. The molecule has 0 unspecified atom stereocenters. The predicted molar refractivity (Wildman–Crippen MR) is 96.3 cm³/mol. The van der Waals surface area contributed by atoms with Gasteiger partial charge in [0.2, 0.25) is 0 Å². The molecule has 7 heteroatoms. The Kier molecular flexibility index (Phi) is 6.79. The summed E-state index contributed by atoms with van der Waals surface area (Å²) < 4.78 is 10.1. The van der Waals surface area contributed by atoms with Crippen molar-refractivity contribution in [1.29, 1.82) is 0 Å². The van der Waals surface area contributed by atoms with E-state index in [1.165, 1.54) is 7.11 Å². The van der Waals surface area contributed by atoms with Crippen LogP contribution >= 0.6 is 0 Å². The zero-order valence-corrected chi connectivity index (χ0v) is 14.2. The number of nitrogens with one attached hydrogen (secondary N) is 3. The monoisotopic (exact) mass is 343 g/mol. The van der Waals surface area contributed by atoms with Crippen molar-refractivity contribution >= 4 is 23.3 Å². The number of benzene rings is 2. The van der Waals surface area contributed by atoms with Gasteiger partial charge in [-0.15, -0.1) is 0 Å². The highest BCUT2D eigenvalue weighted by Crippen LogP contribution is 2.23. The van der Waals surface area contributed by atoms with Gasteiger partial charge in [0.15, 0.2) is 0 Å². The van der Waals surface area contributed by atoms with Gasteiger partial charge in [-0.25, -0.2) is 4.79 Å². The molecule has 0 bridgehead atoms. The summed E-state index contributed by atoms with van der Waals surface area (Å²) in [5.74, 6) is 0.258. The van der Waals surface area contributed by atoms with Gasteiger partial charge in [0.25, 0.3) is 5.91 Å². The van der Waals surface area contributed by atoms with E-state index in [0.717, 1.165) is 0 Å². The molecule has 0 spiro atoms. The number of methoxy groups -OCH3 is 2. The van der Waals surface area contributed by atoms with E-state index >= 15 is 0 Å². The Morgan fingerprint density at radius 3 is 2.28 bits per heavy atom. The SMILES string of the molecule is COCCNC(=O)c1ccccc1NC(=O)Nc1ccccc1OC. The molecule has 3 amide bonds. The van der Waals surface area contributed by atoms with E-state index in [1.54, 1.807) is 49.6 Å². The first-order chi connectivity index (χ1) is 12.2. The number of hydrogen-bond acceptors (Lipinski definition) is 4. The zero-order valence-electron chi connectivity index (χ0n) is 14.2. The Bertz CT molecular complexity index is 734. The van der Waals surface area contributed by atoms with Crippen LogP contribution in [-0.4, -0.2) is 39.3 Å². The van der Waals surface area contributed by atoms with Crippen molar-refractivity contribution in [2.45, 2.75) is 0 Å². The second kappa shape index (κ2) is 9.29. The van der Waals surface area contributed by atoms with Gasteiger partial charge in [0.1, 0.15) is 5.75 Å². The first kappa shape index (κ1) is 18.3. The summed E-state index contributed by atoms with van der Waals surface area (Å²) in [6, 6.07) is 13.4. The van der Waals surface area contributed by atoms with Crippen molar-refractivity contribution in [1.82, 2.24) is 5.32 Å². The molecule has 2 rings (SSSR count). The van der Waals surface area contributed by atoms with Crippen molar-refractivity contribution in [2.75, 3.05) is 38.0 Å². The molecule has 0 heterocycles. The Morgan fingerprint density at radius 1 is 0.920 bits per heavy atom. The molecule has 3 N–H and O–H groups in total. The number of carbonyl (C=O) groups excluding carboxylic acids is 2. The van der Waals surface area contributed by atoms with Gasteiger partial charge < -0.3 is 25.4 Å². The maximum Gasteiger partial charge on any atom is 0.323 e. The minimum absolute atomic E-state index is 0.287. The fraction of sp³-hybridized carbons (Fsp3) is 0.222. The summed E-state index contributed by atoms with van der Waals surface area (Å²) >= 11 is 0. The van der Waals surface area contributed by atoms with Crippen molar-refractivity contribution in [3.05, 3.63) is 54.1 Å². The van der Waals surface area contributed by atoms with E-state index in [-0.39, 0.29) is 5.91 Å². The van der Waals surface area contributed by atoms with Gasteiger partial charge in [-0.1, -0.05) is 24.3 Å². The van der Waals surface area contributed by atoms with E-state index in [9.17, 15) is 9.59 Å². The molecule has 2 aromatic rings. The van der Waals surface area contributed by atoms with Crippen LogP contribution in [0, 0.1) is 0 Å². The van der Waals surface area contributed by atoms with Gasteiger partial charge in [-0.3, -0.25) is 4.79 Å². The normalized spacial score (nSPS) is 10.0. The molecular formula is C18H21N3O4. The Hall–Kier alpha value is -3.06. The van der Waals surface area contributed by atoms with Crippen molar-refractivity contribution in [3.8, 4) is 5.75 Å². The van der Waals surface area contributed by atoms with E-state index in [1.807, 2.05) is 6.07 Å². The van der Waals surface area contributed by atoms with Crippen LogP contribution in [0.2, 0.25) is 0 Å². The topological polar surface area (TPSA) is 88.7 Å². The van der Waals surface area contributed by atoms with Crippen LogP contribution < -0.4 is 20.7 Å². The van der Waals surface area contributed by atoms with Crippen LogP contribution in [-0.2, 0) is 4.74 Å². The van der Waals surface area contributed by atoms with Crippen LogP contribution in [0.1, 0.15) is 10.4 Å². The average molecular weight is 343 g/mol. The lowest BCUT2D eigenvalue weighted by Gasteiger charge is -2.13. The summed E-state index contributed by atoms with van der Waals surface area (Å²) in [7, 11) is 3.09. The molecule has 0 saturated heterocycles. The molecule has 0 aromatic heterocycles. The standard InChI is InChI=1S/C18H21N3O4/c1-24-12-11-19-17(22)13-7-3-4-8-14(13)20-18(23)21-15-9-5-6-10-16(15)25-2/h3-10H,11-12H2,1-2H3,(H,19,22)(H2,20,21,23). The number of hydrogen-bond donors (Lipinski definition) is 3. The average Bonchev–Trinajstić information content (AvgIpc) is 2.62. The molecule has 2 aromatic carbocycles. The lowest BCUT2D eigenvalue weighted by atomic mass is 10.1. The minimum atomic E-state index is -0.471. The van der Waals surface area contributed by atoms with Gasteiger partial charge >= 0.3 is 6.03 Å². The van der Waals surface area contributed by atoms with E-state index in [2.05, 4.69) is 16.0 Å². The van der Waals surface area contributed by atoms with Crippen LogP contribution in [0.25, 0.3) is 0 Å². The van der Waals surface area contributed by atoms with Crippen LogP contribution in [0.15, 0.2) is 48.5 Å². The van der Waals surface area contributed by atoms with Gasteiger partial charge in [0, 0.05) is 13.7 Å². The maximum absolute atomic E-state index is 12.3. The number of urea groups is 1. The second-order valence-electron chi connectivity index (χ2n) is 5.07. The first-order valence-electron chi connectivity index (χ1n) is 7.73. The molecule has 0 saturated carbocycles. The number of ether oxygens (including phenoxy) is 2. The molecule has 0 aliphatic rings. The molecule has 0 atom stereocenters. The van der Waals surface area contributed by atoms with E-state index in [4.69, 9.17) is 9.47 Å². The number of rotatable bonds is 7. The Balaban J connectivity index is 2.07. The third kappa shape index (κ3) is 5.22. The van der Waals surface area contributed by atoms with Crippen molar-refractivity contribution < 1.29 is 19.1 Å². The quantitative estimate of drug-likeness (QED) is 0.675. The van der Waals surface area contributed by atoms with Gasteiger partial charge in [-0.2, -0.15) is 0 Å². The van der Waals surface area contributed by atoms with Gasteiger partial charge in [-0.05, 0) is 24.3 Å². The van der Waals surface area contributed by atoms with Crippen LogP contribution in [0.5, 0.6) is 5.75 Å². The molecule has 0 aliphatic carbocycles. The summed E-state index contributed by atoms with van der Waals surface area (Å²) in [6.07, 6.45) is 0.